The maximum Gasteiger partial charge on any atom is 0.0721 e. The van der Waals surface area contributed by atoms with Crippen molar-refractivity contribution in [1.82, 2.24) is 0 Å². The van der Waals surface area contributed by atoms with Crippen LogP contribution in [0.4, 0.5) is 0 Å². The average molecular weight is 184 g/mol. The van der Waals surface area contributed by atoms with E-state index in [1.807, 2.05) is 6.92 Å². The minimum Gasteiger partial charge on any atom is -0.389 e. The molecule has 1 nitrogen and oxygen atoms in total. The van der Waals surface area contributed by atoms with Gasteiger partial charge in [0.2, 0.25) is 0 Å². The fourth-order valence-corrected chi connectivity index (χ4v) is 2.54. The largest absolute Gasteiger partial charge is 0.389 e. The zero-order valence-corrected chi connectivity index (χ0v) is 9.78. The van der Waals surface area contributed by atoms with Gasteiger partial charge in [0.25, 0.3) is 0 Å². The summed E-state index contributed by atoms with van der Waals surface area (Å²) in [5.41, 5.74) is -0.448. The summed E-state index contributed by atoms with van der Waals surface area (Å²) in [5.74, 6) is 0. The predicted molar refractivity (Wildman–Crippen MR) is 56.7 cm³/mol. The topological polar surface area (TPSA) is 20.2 Å². The highest BCUT2D eigenvalue weighted by Gasteiger charge is 2.50. The first kappa shape index (κ1) is 11.0. The van der Waals surface area contributed by atoms with Crippen LogP contribution in [-0.4, -0.2) is 10.7 Å². The molecule has 0 radical (unpaired) electrons. The van der Waals surface area contributed by atoms with Crippen LogP contribution in [0.15, 0.2) is 0 Å². The molecule has 13 heavy (non-hydrogen) atoms. The molecule has 0 aliphatic heterocycles. The molecule has 0 saturated heterocycles. The quantitative estimate of drug-likeness (QED) is 0.572. The molecule has 0 atom stereocenters. The highest BCUT2D eigenvalue weighted by molar-refractivity contribution is 5.01. The second-order valence-electron chi connectivity index (χ2n) is 6.05. The third-order valence-electron chi connectivity index (χ3n) is 4.49. The van der Waals surface area contributed by atoms with Crippen LogP contribution in [-0.2, 0) is 0 Å². The Morgan fingerprint density at radius 2 is 1.08 bits per heavy atom. The second-order valence-corrected chi connectivity index (χ2v) is 6.05. The third kappa shape index (κ3) is 1.63. The second kappa shape index (κ2) is 2.98. The van der Waals surface area contributed by atoms with E-state index in [4.69, 9.17) is 0 Å². The van der Waals surface area contributed by atoms with Gasteiger partial charge in [0.15, 0.2) is 0 Å². The lowest BCUT2D eigenvalue weighted by atomic mass is 9.61. The van der Waals surface area contributed by atoms with Crippen molar-refractivity contribution >= 4 is 0 Å². The van der Waals surface area contributed by atoms with Gasteiger partial charge in [-0.25, -0.2) is 0 Å². The van der Waals surface area contributed by atoms with Gasteiger partial charge in [-0.3, -0.25) is 0 Å². The number of rotatable bonds is 0. The maximum atomic E-state index is 10.6. The maximum absolute atomic E-state index is 10.6. The lowest BCUT2D eigenvalue weighted by Gasteiger charge is -2.49. The van der Waals surface area contributed by atoms with Crippen molar-refractivity contribution in [2.75, 3.05) is 0 Å². The van der Waals surface area contributed by atoms with E-state index < -0.39 is 5.60 Å². The number of hydrogen-bond donors (Lipinski definition) is 1. The van der Waals surface area contributed by atoms with Crippen LogP contribution in [0.5, 0.6) is 0 Å². The van der Waals surface area contributed by atoms with Crippen LogP contribution >= 0.6 is 0 Å². The van der Waals surface area contributed by atoms with E-state index in [-0.39, 0.29) is 10.8 Å². The van der Waals surface area contributed by atoms with Crippen molar-refractivity contribution in [2.45, 2.75) is 65.9 Å². The summed E-state index contributed by atoms with van der Waals surface area (Å²) in [7, 11) is 0. The van der Waals surface area contributed by atoms with Crippen LogP contribution in [0.3, 0.4) is 0 Å². The molecular formula is C12H24O. The molecule has 0 aromatic carbocycles. The fourth-order valence-electron chi connectivity index (χ4n) is 2.54. The SMILES string of the molecule is CC1(C)CCCCC(C)(C)C1(C)O. The van der Waals surface area contributed by atoms with Crippen molar-refractivity contribution in [3.63, 3.8) is 0 Å². The van der Waals surface area contributed by atoms with Gasteiger partial charge in [-0.2, -0.15) is 0 Å². The smallest absolute Gasteiger partial charge is 0.0721 e. The summed E-state index contributed by atoms with van der Waals surface area (Å²) in [4.78, 5) is 0. The lowest BCUT2D eigenvalue weighted by molar-refractivity contribution is -0.133. The minimum atomic E-state index is -0.545. The Balaban J connectivity index is 3.03. The molecule has 78 valence electrons. The molecule has 1 aliphatic carbocycles. The zero-order valence-electron chi connectivity index (χ0n) is 9.78. The van der Waals surface area contributed by atoms with Gasteiger partial charge in [0, 0.05) is 0 Å². The van der Waals surface area contributed by atoms with E-state index in [0.717, 1.165) is 12.8 Å². The Hall–Kier alpha value is -0.0400. The number of hydrogen-bond acceptors (Lipinski definition) is 1. The van der Waals surface area contributed by atoms with Gasteiger partial charge >= 0.3 is 0 Å². The highest BCUT2D eigenvalue weighted by Crippen LogP contribution is 2.51. The average Bonchev–Trinajstić information content (AvgIpc) is 2.01. The van der Waals surface area contributed by atoms with Crippen LogP contribution in [0.25, 0.3) is 0 Å². The summed E-state index contributed by atoms with van der Waals surface area (Å²) in [6.07, 6.45) is 4.80. The molecule has 1 rings (SSSR count). The van der Waals surface area contributed by atoms with E-state index in [2.05, 4.69) is 27.7 Å². The molecule has 1 fully saturated rings. The van der Waals surface area contributed by atoms with Gasteiger partial charge in [-0.15, -0.1) is 0 Å². The monoisotopic (exact) mass is 184 g/mol. The Labute approximate surface area is 82.5 Å². The highest BCUT2D eigenvalue weighted by atomic mass is 16.3. The summed E-state index contributed by atoms with van der Waals surface area (Å²) < 4.78 is 0. The molecule has 0 unspecified atom stereocenters. The van der Waals surface area contributed by atoms with Crippen LogP contribution in [0, 0.1) is 10.8 Å². The van der Waals surface area contributed by atoms with Crippen molar-refractivity contribution < 1.29 is 5.11 Å². The molecule has 0 aromatic rings. The van der Waals surface area contributed by atoms with E-state index in [1.54, 1.807) is 0 Å². The van der Waals surface area contributed by atoms with Crippen LogP contribution < -0.4 is 0 Å². The van der Waals surface area contributed by atoms with Gasteiger partial charge in [-0.05, 0) is 30.6 Å². The number of aliphatic hydroxyl groups is 1. The summed E-state index contributed by atoms with van der Waals surface area (Å²) in [6, 6.07) is 0. The minimum absolute atomic E-state index is 0.0486. The molecule has 1 saturated carbocycles. The van der Waals surface area contributed by atoms with E-state index in [0.29, 0.717) is 0 Å². The summed E-state index contributed by atoms with van der Waals surface area (Å²) >= 11 is 0. The van der Waals surface area contributed by atoms with Crippen molar-refractivity contribution in [2.24, 2.45) is 10.8 Å². The molecule has 1 heteroatoms. The zero-order chi connectivity index (χ0) is 10.3. The predicted octanol–water partition coefficient (Wildman–Crippen LogP) is 3.36. The van der Waals surface area contributed by atoms with Gasteiger partial charge < -0.3 is 5.11 Å². The van der Waals surface area contributed by atoms with Gasteiger partial charge in [0.1, 0.15) is 0 Å². The molecule has 0 amide bonds. The lowest BCUT2D eigenvalue weighted by Crippen LogP contribution is -2.51. The van der Waals surface area contributed by atoms with Gasteiger partial charge in [0.05, 0.1) is 5.60 Å². The Morgan fingerprint density at radius 1 is 0.769 bits per heavy atom. The summed E-state index contributed by atoms with van der Waals surface area (Å²) in [6.45, 7) is 10.8. The third-order valence-corrected chi connectivity index (χ3v) is 4.49. The molecule has 1 aliphatic rings. The first-order valence-corrected chi connectivity index (χ1v) is 5.43. The Morgan fingerprint density at radius 3 is 1.38 bits per heavy atom. The fraction of sp³-hybridized carbons (Fsp3) is 1.00. The molecule has 1 N–H and O–H groups in total. The normalized spacial score (nSPS) is 30.9. The molecule has 0 bridgehead atoms. The van der Waals surface area contributed by atoms with Gasteiger partial charge in [-0.1, -0.05) is 40.5 Å². The molecule has 0 aromatic heterocycles. The summed E-state index contributed by atoms with van der Waals surface area (Å²) in [5, 5.41) is 10.6. The molecule has 0 heterocycles. The van der Waals surface area contributed by atoms with Crippen molar-refractivity contribution in [3.05, 3.63) is 0 Å². The van der Waals surface area contributed by atoms with Crippen LogP contribution in [0.1, 0.15) is 60.3 Å². The first-order chi connectivity index (χ1) is 5.71. The Bertz CT molecular complexity index is 169. The van der Waals surface area contributed by atoms with Crippen molar-refractivity contribution in [1.29, 1.82) is 0 Å². The van der Waals surface area contributed by atoms with E-state index >= 15 is 0 Å². The first-order valence-electron chi connectivity index (χ1n) is 5.43. The Kier molecular flexibility index (Phi) is 2.53. The van der Waals surface area contributed by atoms with Crippen molar-refractivity contribution in [3.8, 4) is 0 Å². The standard InChI is InChI=1S/C12H24O/c1-10(2)8-6-7-9-11(3,4)12(10,5)13/h13H,6-9H2,1-5H3. The molecule has 0 spiro atoms. The van der Waals surface area contributed by atoms with Crippen LogP contribution in [0.2, 0.25) is 0 Å². The van der Waals surface area contributed by atoms with E-state index in [1.165, 1.54) is 12.8 Å². The van der Waals surface area contributed by atoms with E-state index in [9.17, 15) is 5.11 Å². The molecular weight excluding hydrogens is 160 g/mol.